The van der Waals surface area contributed by atoms with Gasteiger partial charge in [0.1, 0.15) is 11.4 Å². The average Bonchev–Trinajstić information content (AvgIpc) is 2.94. The summed E-state index contributed by atoms with van der Waals surface area (Å²) in [7, 11) is 0. The summed E-state index contributed by atoms with van der Waals surface area (Å²) in [6.45, 7) is 4.09. The summed E-state index contributed by atoms with van der Waals surface area (Å²) in [6, 6.07) is 5.77. The molecule has 0 amide bonds. The van der Waals surface area contributed by atoms with Gasteiger partial charge in [-0.15, -0.1) is 0 Å². The maximum atomic E-state index is 6.42. The number of nitrogens with zero attached hydrogens (tertiary/aromatic N) is 2. The van der Waals surface area contributed by atoms with E-state index in [1.807, 2.05) is 18.2 Å². The number of benzene rings is 1. The Morgan fingerprint density at radius 2 is 2.39 bits per heavy atom. The van der Waals surface area contributed by atoms with Crippen LogP contribution in [0.1, 0.15) is 19.2 Å². The van der Waals surface area contributed by atoms with Crippen LogP contribution in [-0.4, -0.2) is 22.8 Å². The van der Waals surface area contributed by atoms with Gasteiger partial charge in [0.15, 0.2) is 0 Å². The number of halogens is 1. The Balaban J connectivity index is 2.26. The fourth-order valence-corrected chi connectivity index (χ4v) is 2.86. The number of hydrogen-bond acceptors (Lipinski definition) is 3. The van der Waals surface area contributed by atoms with Gasteiger partial charge in [0.05, 0.1) is 22.7 Å². The van der Waals surface area contributed by atoms with Gasteiger partial charge in [-0.2, -0.15) is 0 Å². The highest BCUT2D eigenvalue weighted by atomic mass is 35.5. The molecule has 1 atom stereocenters. The number of rotatable bonds is 2. The Labute approximate surface area is 111 Å². The molecule has 1 fully saturated rings. The molecule has 2 heterocycles. The van der Waals surface area contributed by atoms with E-state index >= 15 is 0 Å². The predicted molar refractivity (Wildman–Crippen MR) is 71.7 cm³/mol. The summed E-state index contributed by atoms with van der Waals surface area (Å²) in [6.07, 6.45) is 0.800. The lowest BCUT2D eigenvalue weighted by Gasteiger charge is -2.22. The summed E-state index contributed by atoms with van der Waals surface area (Å²) in [4.78, 5) is 4.67. The maximum absolute atomic E-state index is 6.42. The smallest absolute Gasteiger partial charge is 0.132 e. The number of imidazole rings is 1. The summed E-state index contributed by atoms with van der Waals surface area (Å²) in [5.41, 5.74) is 7.80. The van der Waals surface area contributed by atoms with Crippen LogP contribution in [0.25, 0.3) is 11.0 Å². The van der Waals surface area contributed by atoms with Crippen molar-refractivity contribution in [2.24, 2.45) is 5.73 Å². The largest absolute Gasteiger partial charge is 0.379 e. The van der Waals surface area contributed by atoms with Crippen molar-refractivity contribution in [3.05, 3.63) is 29.0 Å². The Morgan fingerprint density at radius 3 is 3.06 bits per heavy atom. The predicted octanol–water partition coefficient (Wildman–Crippen LogP) is 2.28. The molecule has 1 aliphatic heterocycles. The molecule has 0 saturated carbocycles. The van der Waals surface area contributed by atoms with E-state index in [0.29, 0.717) is 13.2 Å². The van der Waals surface area contributed by atoms with Crippen molar-refractivity contribution < 1.29 is 4.74 Å². The highest BCUT2D eigenvalue weighted by molar-refractivity contribution is 6.35. The maximum Gasteiger partial charge on any atom is 0.132 e. The first-order valence-corrected chi connectivity index (χ1v) is 6.55. The van der Waals surface area contributed by atoms with E-state index in [1.165, 1.54) is 0 Å². The van der Waals surface area contributed by atoms with Gasteiger partial charge in [-0.25, -0.2) is 4.98 Å². The average molecular weight is 266 g/mol. The number of fused-ring (bicyclic) bond motifs is 1. The lowest BCUT2D eigenvalue weighted by Crippen LogP contribution is -2.40. The standard InChI is InChI=1S/C13H16ClN3O/c1-2-17-11-9(14)4-3-5-10(11)16-12(17)13(15)6-7-18-8-13/h3-5H,2,6-8,15H2,1H3. The van der Waals surface area contributed by atoms with Crippen molar-refractivity contribution in [1.82, 2.24) is 9.55 Å². The van der Waals surface area contributed by atoms with Gasteiger partial charge in [0.25, 0.3) is 0 Å². The van der Waals surface area contributed by atoms with Crippen molar-refractivity contribution in [3.8, 4) is 0 Å². The van der Waals surface area contributed by atoms with Gasteiger partial charge < -0.3 is 15.0 Å². The van der Waals surface area contributed by atoms with Gasteiger partial charge in [0.2, 0.25) is 0 Å². The highest BCUT2D eigenvalue weighted by Crippen LogP contribution is 2.32. The Kier molecular flexibility index (Phi) is 2.81. The topological polar surface area (TPSA) is 53.1 Å². The minimum absolute atomic E-state index is 0.488. The van der Waals surface area contributed by atoms with Crippen molar-refractivity contribution in [3.63, 3.8) is 0 Å². The quantitative estimate of drug-likeness (QED) is 0.906. The summed E-state index contributed by atoms with van der Waals surface area (Å²) in [5.74, 6) is 0.880. The molecule has 96 valence electrons. The van der Waals surface area contributed by atoms with Gasteiger partial charge in [-0.3, -0.25) is 0 Å². The van der Waals surface area contributed by atoms with Crippen LogP contribution in [0.3, 0.4) is 0 Å². The third-order valence-corrected chi connectivity index (χ3v) is 3.84. The first-order chi connectivity index (χ1) is 8.65. The first-order valence-electron chi connectivity index (χ1n) is 6.17. The zero-order chi connectivity index (χ0) is 12.8. The molecule has 0 radical (unpaired) electrons. The molecule has 5 heteroatoms. The molecule has 2 aromatic rings. The van der Waals surface area contributed by atoms with Crippen LogP contribution in [0.2, 0.25) is 5.02 Å². The van der Waals surface area contributed by atoms with Crippen LogP contribution in [0.5, 0.6) is 0 Å². The van der Waals surface area contributed by atoms with Crippen LogP contribution in [0.15, 0.2) is 18.2 Å². The SMILES string of the molecule is CCn1c(C2(N)CCOC2)nc2cccc(Cl)c21. The fraction of sp³-hybridized carbons (Fsp3) is 0.462. The molecule has 1 aromatic heterocycles. The molecule has 2 N–H and O–H groups in total. The third kappa shape index (κ3) is 1.64. The number of para-hydroxylation sites is 1. The molecule has 3 rings (SSSR count). The molecular weight excluding hydrogens is 250 g/mol. The minimum atomic E-state index is -0.488. The number of nitrogens with two attached hydrogens (primary N) is 1. The van der Waals surface area contributed by atoms with Gasteiger partial charge in [0, 0.05) is 13.2 Å². The summed E-state index contributed by atoms with van der Waals surface area (Å²) < 4.78 is 7.53. The molecular formula is C13H16ClN3O. The zero-order valence-corrected chi connectivity index (χ0v) is 11.1. The Morgan fingerprint density at radius 1 is 1.56 bits per heavy atom. The molecule has 18 heavy (non-hydrogen) atoms. The normalized spacial score (nSPS) is 23.9. The molecule has 0 bridgehead atoms. The second kappa shape index (κ2) is 4.23. The number of hydrogen-bond donors (Lipinski definition) is 1. The molecule has 1 saturated heterocycles. The Bertz CT molecular complexity index is 587. The van der Waals surface area contributed by atoms with E-state index in [4.69, 9.17) is 22.1 Å². The Hall–Kier alpha value is -1.10. The van der Waals surface area contributed by atoms with Crippen LogP contribution >= 0.6 is 11.6 Å². The second-order valence-electron chi connectivity index (χ2n) is 4.75. The lowest BCUT2D eigenvalue weighted by molar-refractivity contribution is 0.175. The molecule has 1 aromatic carbocycles. The minimum Gasteiger partial charge on any atom is -0.379 e. The molecule has 1 aliphatic rings. The van der Waals surface area contributed by atoms with E-state index in [1.54, 1.807) is 0 Å². The zero-order valence-electron chi connectivity index (χ0n) is 10.3. The van der Waals surface area contributed by atoms with Crippen molar-refractivity contribution in [2.45, 2.75) is 25.4 Å². The van der Waals surface area contributed by atoms with Crippen molar-refractivity contribution >= 4 is 22.6 Å². The van der Waals surface area contributed by atoms with Crippen LogP contribution in [-0.2, 0) is 16.8 Å². The van der Waals surface area contributed by atoms with Crippen LogP contribution in [0.4, 0.5) is 0 Å². The third-order valence-electron chi connectivity index (χ3n) is 3.53. The van der Waals surface area contributed by atoms with Crippen molar-refractivity contribution in [1.29, 1.82) is 0 Å². The number of aromatic nitrogens is 2. The van der Waals surface area contributed by atoms with Gasteiger partial charge in [-0.1, -0.05) is 17.7 Å². The van der Waals surface area contributed by atoms with E-state index in [9.17, 15) is 0 Å². The van der Waals surface area contributed by atoms with Gasteiger partial charge >= 0.3 is 0 Å². The molecule has 1 unspecified atom stereocenters. The second-order valence-corrected chi connectivity index (χ2v) is 5.15. The summed E-state index contributed by atoms with van der Waals surface area (Å²) >= 11 is 6.27. The fourth-order valence-electron chi connectivity index (χ4n) is 2.59. The molecule has 0 spiro atoms. The highest BCUT2D eigenvalue weighted by Gasteiger charge is 2.37. The van der Waals surface area contributed by atoms with E-state index < -0.39 is 5.54 Å². The van der Waals surface area contributed by atoms with Crippen LogP contribution in [0, 0.1) is 0 Å². The number of ether oxygens (including phenoxy) is 1. The van der Waals surface area contributed by atoms with E-state index in [-0.39, 0.29) is 0 Å². The van der Waals surface area contributed by atoms with Crippen molar-refractivity contribution in [2.75, 3.05) is 13.2 Å². The first kappa shape index (κ1) is 12.0. The number of aryl methyl sites for hydroxylation is 1. The summed E-state index contributed by atoms with van der Waals surface area (Å²) in [5, 5.41) is 0.718. The lowest BCUT2D eigenvalue weighted by atomic mass is 9.99. The molecule has 4 nitrogen and oxygen atoms in total. The molecule has 0 aliphatic carbocycles. The van der Waals surface area contributed by atoms with E-state index in [2.05, 4.69) is 16.5 Å². The van der Waals surface area contributed by atoms with E-state index in [0.717, 1.165) is 34.8 Å². The van der Waals surface area contributed by atoms with Gasteiger partial charge in [-0.05, 0) is 25.5 Å². The monoisotopic (exact) mass is 265 g/mol. The van der Waals surface area contributed by atoms with Crippen LogP contribution < -0.4 is 5.73 Å².